The summed E-state index contributed by atoms with van der Waals surface area (Å²) in [6.45, 7) is 0. The Hall–Kier alpha value is -2.53. The van der Waals surface area contributed by atoms with Crippen molar-refractivity contribution in [3.8, 4) is 0 Å². The molecule has 2 rings (SSSR count). The first-order chi connectivity index (χ1) is 7.80. The Morgan fingerprint density at radius 2 is 2.00 bits per heavy atom. The lowest BCUT2D eigenvalue weighted by Gasteiger charge is -1.97. The molecule has 0 spiro atoms. The van der Waals surface area contributed by atoms with Gasteiger partial charge < -0.3 is 15.8 Å². The number of halogens is 3. The number of hydrogen-bond donors (Lipinski definition) is 1. The van der Waals surface area contributed by atoms with Gasteiger partial charge in [-0.25, -0.2) is 0 Å². The molecular weight excluding hydrogens is 247 g/mol. The van der Waals surface area contributed by atoms with Crippen LogP contribution in [0.1, 0.15) is 5.82 Å². The van der Waals surface area contributed by atoms with Gasteiger partial charge in [0.25, 0.3) is 11.6 Å². The molecule has 0 saturated heterocycles. The van der Waals surface area contributed by atoms with Crippen molar-refractivity contribution in [1.29, 1.82) is 0 Å². The number of nitrogens with zero attached hydrogens (tertiary/aromatic N) is 6. The number of anilines is 1. The van der Waals surface area contributed by atoms with Crippen molar-refractivity contribution < 1.29 is 18.1 Å². The molecule has 0 atom stereocenters. The highest BCUT2D eigenvalue weighted by molar-refractivity contribution is 5.50. The summed E-state index contributed by atoms with van der Waals surface area (Å²) < 4.78 is 37.2. The number of alkyl halides is 3. The van der Waals surface area contributed by atoms with Crippen LogP contribution in [-0.2, 0) is 6.18 Å². The van der Waals surface area contributed by atoms with Gasteiger partial charge in [-0.15, -0.1) is 5.10 Å². The standard InChI is InChI=1S/C5H2F3N7O2/c6-5(7,8)3-10-4-12-11-2(15(16)17)1(9)14(4)13-3/h9H2. The first kappa shape index (κ1) is 11.0. The fourth-order valence-electron chi connectivity index (χ4n) is 1.02. The van der Waals surface area contributed by atoms with Gasteiger partial charge in [-0.3, -0.25) is 0 Å². The zero-order valence-electron chi connectivity index (χ0n) is 7.71. The SMILES string of the molecule is Nc1c([N+](=O)[O-])nnc2nc(C(F)(F)F)nn12. The second kappa shape index (κ2) is 3.23. The van der Waals surface area contributed by atoms with Gasteiger partial charge in [-0.05, 0) is 4.92 Å². The Balaban J connectivity index is 2.70. The van der Waals surface area contributed by atoms with E-state index in [1.807, 2.05) is 0 Å². The topological polar surface area (TPSA) is 125 Å². The summed E-state index contributed by atoms with van der Waals surface area (Å²) in [5, 5.41) is 19.5. The molecule has 0 amide bonds. The number of nitro groups is 1. The maximum atomic E-state index is 12.3. The molecule has 2 aromatic rings. The third-order valence-electron chi connectivity index (χ3n) is 1.71. The highest BCUT2D eigenvalue weighted by Gasteiger charge is 2.37. The number of aromatic nitrogens is 5. The number of nitrogens with two attached hydrogens (primary N) is 1. The Morgan fingerprint density at radius 1 is 1.35 bits per heavy atom. The van der Waals surface area contributed by atoms with Crippen molar-refractivity contribution >= 4 is 17.4 Å². The van der Waals surface area contributed by atoms with E-state index in [-0.39, 0.29) is 0 Å². The van der Waals surface area contributed by atoms with Gasteiger partial charge >= 0.3 is 12.0 Å². The van der Waals surface area contributed by atoms with Crippen molar-refractivity contribution in [3.63, 3.8) is 0 Å². The van der Waals surface area contributed by atoms with Crippen LogP contribution in [0, 0.1) is 10.1 Å². The molecule has 0 aliphatic rings. The number of fused-ring (bicyclic) bond motifs is 1. The Bertz CT molecular complexity index is 605. The second-order valence-electron chi connectivity index (χ2n) is 2.81. The Labute approximate surface area is 89.2 Å². The lowest BCUT2D eigenvalue weighted by atomic mass is 10.6. The highest BCUT2D eigenvalue weighted by Crippen LogP contribution is 2.27. The van der Waals surface area contributed by atoms with Gasteiger partial charge in [0, 0.05) is 5.10 Å². The lowest BCUT2D eigenvalue weighted by molar-refractivity contribution is -0.389. The molecular formula is C5H2F3N7O2. The van der Waals surface area contributed by atoms with Crippen LogP contribution in [0.5, 0.6) is 0 Å². The van der Waals surface area contributed by atoms with Gasteiger partial charge in [-0.1, -0.05) is 0 Å². The third-order valence-corrected chi connectivity index (χ3v) is 1.71. The van der Waals surface area contributed by atoms with Crippen molar-refractivity contribution in [2.75, 3.05) is 5.73 Å². The van der Waals surface area contributed by atoms with Crippen molar-refractivity contribution in [1.82, 2.24) is 24.8 Å². The number of hydrogen-bond acceptors (Lipinski definition) is 7. The predicted molar refractivity (Wildman–Crippen MR) is 44.6 cm³/mol. The molecule has 0 aromatic carbocycles. The largest absolute Gasteiger partial charge is 0.453 e. The van der Waals surface area contributed by atoms with Crippen LogP contribution < -0.4 is 5.73 Å². The van der Waals surface area contributed by atoms with Gasteiger partial charge in [0.1, 0.15) is 0 Å². The fraction of sp³-hybridized carbons (Fsp3) is 0.200. The Kier molecular flexibility index (Phi) is 2.08. The maximum absolute atomic E-state index is 12.3. The molecule has 2 heterocycles. The summed E-state index contributed by atoms with van der Waals surface area (Å²) in [7, 11) is 0. The minimum absolute atomic E-state index is 0.411. The molecule has 90 valence electrons. The van der Waals surface area contributed by atoms with E-state index in [2.05, 4.69) is 20.3 Å². The third kappa shape index (κ3) is 1.68. The van der Waals surface area contributed by atoms with E-state index in [0.717, 1.165) is 0 Å². The van der Waals surface area contributed by atoms with E-state index in [0.29, 0.717) is 4.52 Å². The molecule has 12 heteroatoms. The van der Waals surface area contributed by atoms with Crippen LogP contribution in [0.15, 0.2) is 0 Å². The molecule has 0 saturated carbocycles. The number of nitrogen functional groups attached to an aromatic ring is 1. The van der Waals surface area contributed by atoms with Crippen LogP contribution in [-0.4, -0.2) is 29.7 Å². The molecule has 0 radical (unpaired) electrons. The monoisotopic (exact) mass is 249 g/mol. The highest BCUT2D eigenvalue weighted by atomic mass is 19.4. The molecule has 17 heavy (non-hydrogen) atoms. The summed E-state index contributed by atoms with van der Waals surface area (Å²) in [4.78, 5) is 12.4. The van der Waals surface area contributed by atoms with Crippen LogP contribution in [0.25, 0.3) is 5.78 Å². The first-order valence-corrected chi connectivity index (χ1v) is 3.91. The van der Waals surface area contributed by atoms with Crippen LogP contribution in [0.2, 0.25) is 0 Å². The van der Waals surface area contributed by atoms with Crippen LogP contribution in [0.3, 0.4) is 0 Å². The second-order valence-corrected chi connectivity index (χ2v) is 2.81. The summed E-state index contributed by atoms with van der Waals surface area (Å²) >= 11 is 0. The Morgan fingerprint density at radius 3 is 2.53 bits per heavy atom. The molecule has 0 aliphatic carbocycles. The van der Waals surface area contributed by atoms with Crippen LogP contribution >= 0.6 is 0 Å². The lowest BCUT2D eigenvalue weighted by Crippen LogP contribution is -2.09. The van der Waals surface area contributed by atoms with Crippen LogP contribution in [0.4, 0.5) is 24.8 Å². The van der Waals surface area contributed by atoms with E-state index in [4.69, 9.17) is 5.73 Å². The molecule has 2 N–H and O–H groups in total. The normalized spacial score (nSPS) is 11.9. The van der Waals surface area contributed by atoms with E-state index < -0.39 is 34.3 Å². The van der Waals surface area contributed by atoms with E-state index >= 15 is 0 Å². The predicted octanol–water partition coefficient (Wildman–Crippen LogP) is 0.0285. The average Bonchev–Trinajstić information content (AvgIpc) is 2.61. The number of rotatable bonds is 1. The zero-order chi connectivity index (χ0) is 12.8. The molecule has 2 aromatic heterocycles. The summed E-state index contributed by atoms with van der Waals surface area (Å²) in [5.41, 5.74) is 5.23. The van der Waals surface area contributed by atoms with E-state index in [9.17, 15) is 23.3 Å². The van der Waals surface area contributed by atoms with Crippen molar-refractivity contribution in [3.05, 3.63) is 15.9 Å². The first-order valence-electron chi connectivity index (χ1n) is 3.91. The smallest absolute Gasteiger partial charge is 0.376 e. The van der Waals surface area contributed by atoms with Gasteiger partial charge in [0.15, 0.2) is 0 Å². The summed E-state index contributed by atoms with van der Waals surface area (Å²) in [6.07, 6.45) is -4.80. The van der Waals surface area contributed by atoms with Gasteiger partial charge in [0.05, 0.1) is 5.10 Å². The van der Waals surface area contributed by atoms with E-state index in [1.165, 1.54) is 0 Å². The molecule has 9 nitrogen and oxygen atoms in total. The average molecular weight is 249 g/mol. The molecule has 0 aliphatic heterocycles. The molecule has 0 fully saturated rings. The summed E-state index contributed by atoms with van der Waals surface area (Å²) in [5.74, 6) is -3.64. The van der Waals surface area contributed by atoms with E-state index in [1.54, 1.807) is 0 Å². The minimum atomic E-state index is -4.80. The van der Waals surface area contributed by atoms with Crippen molar-refractivity contribution in [2.45, 2.75) is 6.18 Å². The maximum Gasteiger partial charge on any atom is 0.453 e. The molecule has 0 unspecified atom stereocenters. The minimum Gasteiger partial charge on any atom is -0.376 e. The molecule has 0 bridgehead atoms. The van der Waals surface area contributed by atoms with Gasteiger partial charge in [-0.2, -0.15) is 22.7 Å². The summed E-state index contributed by atoms with van der Waals surface area (Å²) in [6, 6.07) is 0. The fourth-order valence-corrected chi connectivity index (χ4v) is 1.02. The van der Waals surface area contributed by atoms with Gasteiger partial charge in [0.2, 0.25) is 5.82 Å². The zero-order valence-corrected chi connectivity index (χ0v) is 7.71. The van der Waals surface area contributed by atoms with Crippen molar-refractivity contribution in [2.24, 2.45) is 0 Å². The quantitative estimate of drug-likeness (QED) is 0.558.